The molecule has 0 bridgehead atoms. The van der Waals surface area contributed by atoms with Crippen LogP contribution in [0.1, 0.15) is 13.3 Å². The molecule has 7 nitrogen and oxygen atoms in total. The fourth-order valence-electron chi connectivity index (χ4n) is 3.76. The molecule has 2 aliphatic heterocycles. The number of aliphatic imine (C=N–C) groups is 1. The molecule has 0 aliphatic carbocycles. The van der Waals surface area contributed by atoms with Gasteiger partial charge in [0, 0.05) is 78.1 Å². The average molecular weight is 373 g/mol. The molecule has 1 amide bonds. The molecule has 27 heavy (non-hydrogen) atoms. The fourth-order valence-corrected chi connectivity index (χ4v) is 3.76. The van der Waals surface area contributed by atoms with E-state index >= 15 is 0 Å². The Balaban J connectivity index is 1.36. The highest BCUT2D eigenvalue weighted by Gasteiger charge is 2.23. The first-order valence-corrected chi connectivity index (χ1v) is 9.91. The molecule has 1 atom stereocenters. The van der Waals surface area contributed by atoms with Crippen LogP contribution < -0.4 is 15.5 Å². The Morgan fingerprint density at radius 1 is 1.15 bits per heavy atom. The van der Waals surface area contributed by atoms with E-state index in [4.69, 9.17) is 0 Å². The molecular weight excluding hydrogens is 340 g/mol. The number of hydrogen-bond acceptors (Lipinski definition) is 4. The van der Waals surface area contributed by atoms with Crippen LogP contribution >= 0.6 is 0 Å². The van der Waals surface area contributed by atoms with Crippen molar-refractivity contribution in [1.82, 2.24) is 20.4 Å². The molecule has 1 unspecified atom stereocenters. The normalized spacial score (nSPS) is 21.4. The van der Waals surface area contributed by atoms with Crippen molar-refractivity contribution >= 4 is 17.6 Å². The van der Waals surface area contributed by atoms with Crippen LogP contribution in [0, 0.1) is 0 Å². The third-order valence-electron chi connectivity index (χ3n) is 5.41. The van der Waals surface area contributed by atoms with Crippen LogP contribution in [0.5, 0.6) is 0 Å². The molecule has 3 rings (SSSR count). The van der Waals surface area contributed by atoms with Gasteiger partial charge in [0.25, 0.3) is 0 Å². The quantitative estimate of drug-likeness (QED) is 0.585. The minimum atomic E-state index is 0.179. The van der Waals surface area contributed by atoms with Crippen LogP contribution in [-0.4, -0.2) is 87.1 Å². The van der Waals surface area contributed by atoms with Gasteiger partial charge in [-0.1, -0.05) is 18.2 Å². The number of nitrogens with one attached hydrogen (secondary N) is 2. The number of nitrogens with zero attached hydrogens (tertiary/aromatic N) is 4. The Labute approximate surface area is 162 Å². The lowest BCUT2D eigenvalue weighted by Gasteiger charge is -2.34. The smallest absolute Gasteiger partial charge is 0.219 e. The minimum absolute atomic E-state index is 0.179. The monoisotopic (exact) mass is 372 g/mol. The highest BCUT2D eigenvalue weighted by molar-refractivity contribution is 5.80. The molecule has 2 fully saturated rings. The van der Waals surface area contributed by atoms with Crippen LogP contribution in [0.2, 0.25) is 0 Å². The number of guanidine groups is 1. The maximum atomic E-state index is 11.4. The topological polar surface area (TPSA) is 63.2 Å². The summed E-state index contributed by atoms with van der Waals surface area (Å²) in [5.41, 5.74) is 1.29. The highest BCUT2D eigenvalue weighted by Crippen LogP contribution is 2.19. The van der Waals surface area contributed by atoms with Crippen molar-refractivity contribution in [3.05, 3.63) is 30.3 Å². The molecule has 2 heterocycles. The first-order valence-electron chi connectivity index (χ1n) is 9.91. The standard InChI is InChI=1S/C20H32N6O/c1-17(27)25-14-12-24(13-15-25)11-9-22-20(21-2)23-18-8-10-26(16-18)19-6-4-3-5-7-19/h3-7,18H,8-16H2,1-2H3,(H2,21,22,23). The Morgan fingerprint density at radius 2 is 1.89 bits per heavy atom. The van der Waals surface area contributed by atoms with Crippen molar-refractivity contribution in [1.29, 1.82) is 0 Å². The molecule has 0 radical (unpaired) electrons. The van der Waals surface area contributed by atoms with Gasteiger partial charge in [0.05, 0.1) is 0 Å². The Kier molecular flexibility index (Phi) is 6.92. The summed E-state index contributed by atoms with van der Waals surface area (Å²) in [6, 6.07) is 11.0. The van der Waals surface area contributed by atoms with Crippen molar-refractivity contribution in [2.45, 2.75) is 19.4 Å². The number of amides is 1. The Hall–Kier alpha value is -2.28. The maximum Gasteiger partial charge on any atom is 0.219 e. The number of anilines is 1. The predicted octanol–water partition coefficient (Wildman–Crippen LogP) is 0.594. The number of para-hydroxylation sites is 1. The van der Waals surface area contributed by atoms with E-state index in [1.54, 1.807) is 6.92 Å². The van der Waals surface area contributed by atoms with Gasteiger partial charge in [-0.3, -0.25) is 14.7 Å². The van der Waals surface area contributed by atoms with Gasteiger partial charge in [-0.25, -0.2) is 0 Å². The van der Waals surface area contributed by atoms with Gasteiger partial charge >= 0.3 is 0 Å². The van der Waals surface area contributed by atoms with Crippen LogP contribution in [-0.2, 0) is 4.79 Å². The van der Waals surface area contributed by atoms with E-state index in [9.17, 15) is 4.79 Å². The summed E-state index contributed by atoms with van der Waals surface area (Å²) < 4.78 is 0. The Morgan fingerprint density at radius 3 is 2.56 bits per heavy atom. The van der Waals surface area contributed by atoms with Crippen molar-refractivity contribution in [2.24, 2.45) is 4.99 Å². The van der Waals surface area contributed by atoms with Crippen LogP contribution in [0.15, 0.2) is 35.3 Å². The van der Waals surface area contributed by atoms with Crippen molar-refractivity contribution < 1.29 is 4.79 Å². The van der Waals surface area contributed by atoms with E-state index < -0.39 is 0 Å². The van der Waals surface area contributed by atoms with Gasteiger partial charge in [0.15, 0.2) is 5.96 Å². The van der Waals surface area contributed by atoms with E-state index in [1.165, 1.54) is 5.69 Å². The van der Waals surface area contributed by atoms with Crippen LogP contribution in [0.4, 0.5) is 5.69 Å². The third kappa shape index (κ3) is 5.60. The van der Waals surface area contributed by atoms with Crippen LogP contribution in [0.25, 0.3) is 0 Å². The van der Waals surface area contributed by atoms with Crippen molar-refractivity contribution in [3.63, 3.8) is 0 Å². The Bertz CT molecular complexity index is 627. The van der Waals surface area contributed by atoms with Gasteiger partial charge in [0.2, 0.25) is 5.91 Å². The molecule has 7 heteroatoms. The molecule has 0 spiro atoms. The number of rotatable bonds is 5. The molecule has 0 saturated carbocycles. The SMILES string of the molecule is CN=C(NCCN1CCN(C(C)=O)CC1)NC1CCN(c2ccccc2)C1. The van der Waals surface area contributed by atoms with E-state index in [1.807, 2.05) is 11.9 Å². The van der Waals surface area contributed by atoms with E-state index in [0.717, 1.165) is 64.7 Å². The van der Waals surface area contributed by atoms with Crippen molar-refractivity contribution in [2.75, 3.05) is 64.3 Å². The molecule has 2 aliphatic rings. The summed E-state index contributed by atoms with van der Waals surface area (Å²) in [4.78, 5) is 22.5. The minimum Gasteiger partial charge on any atom is -0.369 e. The van der Waals surface area contributed by atoms with Gasteiger partial charge in [-0.2, -0.15) is 0 Å². The second-order valence-electron chi connectivity index (χ2n) is 7.26. The summed E-state index contributed by atoms with van der Waals surface area (Å²) in [5, 5.41) is 6.98. The zero-order chi connectivity index (χ0) is 19.1. The second-order valence-corrected chi connectivity index (χ2v) is 7.26. The first-order chi connectivity index (χ1) is 13.2. The van der Waals surface area contributed by atoms with Gasteiger partial charge in [0.1, 0.15) is 0 Å². The van der Waals surface area contributed by atoms with Gasteiger partial charge < -0.3 is 20.4 Å². The number of benzene rings is 1. The molecular formula is C20H32N6O. The van der Waals surface area contributed by atoms with Gasteiger partial charge in [-0.05, 0) is 18.6 Å². The number of carbonyl (C=O) groups excluding carboxylic acids is 1. The number of piperazine rings is 1. The largest absolute Gasteiger partial charge is 0.369 e. The summed E-state index contributed by atoms with van der Waals surface area (Å²) in [5.74, 6) is 1.05. The predicted molar refractivity (Wildman–Crippen MR) is 110 cm³/mol. The summed E-state index contributed by atoms with van der Waals surface area (Å²) >= 11 is 0. The lowest BCUT2D eigenvalue weighted by atomic mass is 10.2. The lowest BCUT2D eigenvalue weighted by Crippen LogP contribution is -2.51. The second kappa shape index (κ2) is 9.60. The molecule has 2 saturated heterocycles. The number of hydrogen-bond donors (Lipinski definition) is 2. The average Bonchev–Trinajstić information content (AvgIpc) is 3.17. The molecule has 148 valence electrons. The molecule has 1 aromatic carbocycles. The highest BCUT2D eigenvalue weighted by atomic mass is 16.2. The number of carbonyl (C=O) groups is 1. The molecule has 0 aromatic heterocycles. The molecule has 1 aromatic rings. The first kappa shape index (κ1) is 19.5. The molecule has 2 N–H and O–H groups in total. The summed E-state index contributed by atoms with van der Waals surface area (Å²) in [6.07, 6.45) is 1.11. The zero-order valence-corrected chi connectivity index (χ0v) is 16.5. The fraction of sp³-hybridized carbons (Fsp3) is 0.600. The third-order valence-corrected chi connectivity index (χ3v) is 5.41. The van der Waals surface area contributed by atoms with Crippen molar-refractivity contribution in [3.8, 4) is 0 Å². The van der Waals surface area contributed by atoms with E-state index in [2.05, 4.69) is 55.8 Å². The van der Waals surface area contributed by atoms with E-state index in [-0.39, 0.29) is 5.91 Å². The lowest BCUT2D eigenvalue weighted by molar-refractivity contribution is -0.130. The zero-order valence-electron chi connectivity index (χ0n) is 16.5. The van der Waals surface area contributed by atoms with Gasteiger partial charge in [-0.15, -0.1) is 0 Å². The van der Waals surface area contributed by atoms with E-state index in [0.29, 0.717) is 6.04 Å². The maximum absolute atomic E-state index is 11.4. The summed E-state index contributed by atoms with van der Waals surface area (Å²) in [6.45, 7) is 9.09. The van der Waals surface area contributed by atoms with Crippen LogP contribution in [0.3, 0.4) is 0 Å². The summed E-state index contributed by atoms with van der Waals surface area (Å²) in [7, 11) is 1.82.